The van der Waals surface area contributed by atoms with E-state index in [1.165, 1.54) is 30.5 Å². The first-order chi connectivity index (χ1) is 12.9. The number of alkyl halides is 3. The number of nitrogens with one attached hydrogen (secondary N) is 1. The van der Waals surface area contributed by atoms with Crippen LogP contribution >= 0.6 is 22.9 Å². The highest BCUT2D eigenvalue weighted by atomic mass is 35.5. The predicted molar refractivity (Wildman–Crippen MR) is 102 cm³/mol. The molecule has 4 nitrogen and oxygen atoms in total. The second kappa shape index (κ2) is 7.98. The van der Waals surface area contributed by atoms with Crippen molar-refractivity contribution >= 4 is 34.3 Å². The van der Waals surface area contributed by atoms with E-state index in [-0.39, 0.29) is 10.0 Å². The fourth-order valence-corrected chi connectivity index (χ4v) is 3.28. The van der Waals surface area contributed by atoms with Crippen LogP contribution in [0.2, 0.25) is 5.02 Å². The lowest BCUT2D eigenvalue weighted by atomic mass is 10.1. The Morgan fingerprint density at radius 1 is 1.11 bits per heavy atom. The molecule has 0 saturated heterocycles. The molecule has 1 N–H and O–H groups in total. The number of ether oxygens (including phenoxy) is 1. The van der Waals surface area contributed by atoms with Crippen LogP contribution in [-0.2, 0) is 6.18 Å². The lowest BCUT2D eigenvalue weighted by Gasteiger charge is -2.05. The van der Waals surface area contributed by atoms with Gasteiger partial charge in [0.2, 0.25) is 5.13 Å². The maximum atomic E-state index is 13.3. The van der Waals surface area contributed by atoms with Crippen molar-refractivity contribution in [1.82, 2.24) is 4.98 Å². The molecular formula is C18H13ClF3N3OS. The molecule has 1 aromatic heterocycles. The Morgan fingerprint density at radius 3 is 2.37 bits per heavy atom. The van der Waals surface area contributed by atoms with Gasteiger partial charge in [-0.05, 0) is 47.5 Å². The first-order valence-corrected chi connectivity index (χ1v) is 8.83. The molecular weight excluding hydrogens is 399 g/mol. The van der Waals surface area contributed by atoms with E-state index in [2.05, 4.69) is 15.5 Å². The number of hydrogen-bond donors (Lipinski definition) is 1. The number of halogens is 4. The zero-order valence-corrected chi connectivity index (χ0v) is 15.5. The SMILES string of the molecule is COc1ccc(C=NNc2nc(C(F)(F)F)c(-c3ccc(Cl)cc3)s2)cc1. The van der Waals surface area contributed by atoms with E-state index in [9.17, 15) is 13.2 Å². The van der Waals surface area contributed by atoms with Gasteiger partial charge in [-0.3, -0.25) is 5.43 Å². The van der Waals surface area contributed by atoms with Gasteiger partial charge in [0.05, 0.1) is 18.2 Å². The third-order valence-electron chi connectivity index (χ3n) is 3.49. The van der Waals surface area contributed by atoms with Crippen LogP contribution in [0.1, 0.15) is 11.3 Å². The summed E-state index contributed by atoms with van der Waals surface area (Å²) in [5.41, 5.74) is 2.74. The van der Waals surface area contributed by atoms with Crippen LogP contribution < -0.4 is 10.2 Å². The normalized spacial score (nSPS) is 11.7. The lowest BCUT2D eigenvalue weighted by Crippen LogP contribution is -2.07. The van der Waals surface area contributed by atoms with Crippen LogP contribution in [0.3, 0.4) is 0 Å². The molecule has 0 aliphatic heterocycles. The summed E-state index contributed by atoms with van der Waals surface area (Å²) in [5.74, 6) is 0.697. The summed E-state index contributed by atoms with van der Waals surface area (Å²) < 4.78 is 45.0. The van der Waals surface area contributed by atoms with Gasteiger partial charge in [-0.25, -0.2) is 4.98 Å². The Morgan fingerprint density at radius 2 is 1.78 bits per heavy atom. The van der Waals surface area contributed by atoms with Gasteiger partial charge in [0, 0.05) is 5.02 Å². The van der Waals surface area contributed by atoms with Crippen molar-refractivity contribution in [3.8, 4) is 16.2 Å². The van der Waals surface area contributed by atoms with Crippen LogP contribution in [0.25, 0.3) is 10.4 Å². The summed E-state index contributed by atoms with van der Waals surface area (Å²) in [4.78, 5) is 3.66. The summed E-state index contributed by atoms with van der Waals surface area (Å²) in [6.45, 7) is 0. The molecule has 3 rings (SSSR count). The third-order valence-corrected chi connectivity index (χ3v) is 4.75. The summed E-state index contributed by atoms with van der Waals surface area (Å²) in [6.07, 6.45) is -3.10. The van der Waals surface area contributed by atoms with Gasteiger partial charge in [0.15, 0.2) is 5.69 Å². The molecule has 0 spiro atoms. The molecule has 0 radical (unpaired) electrons. The maximum Gasteiger partial charge on any atom is 0.434 e. The van der Waals surface area contributed by atoms with Gasteiger partial charge in [0.25, 0.3) is 0 Å². The van der Waals surface area contributed by atoms with Gasteiger partial charge >= 0.3 is 6.18 Å². The van der Waals surface area contributed by atoms with Crippen molar-refractivity contribution < 1.29 is 17.9 Å². The van der Waals surface area contributed by atoms with Gasteiger partial charge in [-0.2, -0.15) is 18.3 Å². The number of hydrazone groups is 1. The molecule has 0 saturated carbocycles. The summed E-state index contributed by atoms with van der Waals surface area (Å²) in [6, 6.07) is 13.2. The van der Waals surface area contributed by atoms with Crippen molar-refractivity contribution in [2.45, 2.75) is 6.18 Å². The van der Waals surface area contributed by atoms with E-state index >= 15 is 0 Å². The van der Waals surface area contributed by atoms with E-state index in [1.54, 1.807) is 31.4 Å². The van der Waals surface area contributed by atoms with Gasteiger partial charge in [0.1, 0.15) is 5.75 Å². The quantitative estimate of drug-likeness (QED) is 0.417. The Bertz CT molecular complexity index is 938. The van der Waals surface area contributed by atoms with Gasteiger partial charge < -0.3 is 4.74 Å². The third kappa shape index (κ3) is 4.78. The average Bonchev–Trinajstić information content (AvgIpc) is 3.07. The number of hydrogen-bond acceptors (Lipinski definition) is 5. The number of anilines is 1. The van der Waals surface area contributed by atoms with Crippen molar-refractivity contribution in [3.63, 3.8) is 0 Å². The Kier molecular flexibility index (Phi) is 5.67. The first kappa shape index (κ1) is 19.2. The standard InChI is InChI=1S/C18H13ClF3N3OS/c1-26-14-8-2-11(3-9-14)10-23-25-17-24-16(18(20,21)22)15(27-17)12-4-6-13(19)7-5-12/h2-10H,1H3,(H,24,25). The smallest absolute Gasteiger partial charge is 0.434 e. The number of nitrogens with zero attached hydrogens (tertiary/aromatic N) is 2. The zero-order valence-electron chi connectivity index (χ0n) is 13.9. The minimum Gasteiger partial charge on any atom is -0.497 e. The van der Waals surface area contributed by atoms with Crippen LogP contribution in [0.5, 0.6) is 5.75 Å². The van der Waals surface area contributed by atoms with E-state index < -0.39 is 11.9 Å². The van der Waals surface area contributed by atoms with Gasteiger partial charge in [-0.15, -0.1) is 0 Å². The number of aromatic nitrogens is 1. The molecule has 0 unspecified atom stereocenters. The molecule has 9 heteroatoms. The van der Waals surface area contributed by atoms with E-state index in [0.717, 1.165) is 16.9 Å². The van der Waals surface area contributed by atoms with Crippen LogP contribution in [0, 0.1) is 0 Å². The molecule has 0 aliphatic carbocycles. The van der Waals surface area contributed by atoms with Crippen LogP contribution in [-0.4, -0.2) is 18.3 Å². The Hall–Kier alpha value is -2.58. The minimum atomic E-state index is -4.58. The van der Waals surface area contributed by atoms with Crippen molar-refractivity contribution in [3.05, 3.63) is 64.8 Å². The molecule has 27 heavy (non-hydrogen) atoms. The number of thiazole rings is 1. The second-order valence-electron chi connectivity index (χ2n) is 5.34. The van der Waals surface area contributed by atoms with Crippen LogP contribution in [0.15, 0.2) is 53.6 Å². The highest BCUT2D eigenvalue weighted by Crippen LogP contribution is 2.42. The predicted octanol–water partition coefficient (Wildman–Crippen LogP) is 5.94. The molecule has 0 fully saturated rings. The molecule has 0 bridgehead atoms. The summed E-state index contributed by atoms with van der Waals surface area (Å²) in [5, 5.41) is 4.44. The minimum absolute atomic E-state index is 0.00122. The molecule has 0 amide bonds. The lowest BCUT2D eigenvalue weighted by molar-refractivity contribution is -0.140. The van der Waals surface area contributed by atoms with E-state index in [4.69, 9.17) is 16.3 Å². The maximum absolute atomic E-state index is 13.3. The largest absolute Gasteiger partial charge is 0.497 e. The summed E-state index contributed by atoms with van der Waals surface area (Å²) >= 11 is 6.67. The fraction of sp³-hybridized carbons (Fsp3) is 0.111. The monoisotopic (exact) mass is 411 g/mol. The van der Waals surface area contributed by atoms with Gasteiger partial charge in [-0.1, -0.05) is 35.1 Å². The molecule has 3 aromatic rings. The van der Waals surface area contributed by atoms with Crippen LogP contribution in [0.4, 0.5) is 18.3 Å². The van der Waals surface area contributed by atoms with Crippen molar-refractivity contribution in [2.75, 3.05) is 12.5 Å². The fourth-order valence-electron chi connectivity index (χ4n) is 2.21. The molecule has 1 heterocycles. The number of rotatable bonds is 5. The highest BCUT2D eigenvalue weighted by molar-refractivity contribution is 7.19. The zero-order chi connectivity index (χ0) is 19.4. The topological polar surface area (TPSA) is 46.5 Å². The van der Waals surface area contributed by atoms with Crippen molar-refractivity contribution in [1.29, 1.82) is 0 Å². The molecule has 0 atom stereocenters. The van der Waals surface area contributed by atoms with Crippen molar-refractivity contribution in [2.24, 2.45) is 5.10 Å². The number of benzene rings is 2. The Labute approximate surface area is 162 Å². The molecule has 2 aromatic carbocycles. The van der Waals surface area contributed by atoms with E-state index in [0.29, 0.717) is 16.3 Å². The van der Waals surface area contributed by atoms with E-state index in [1.807, 2.05) is 0 Å². The highest BCUT2D eigenvalue weighted by Gasteiger charge is 2.38. The summed E-state index contributed by atoms with van der Waals surface area (Å²) in [7, 11) is 1.56. The first-order valence-electron chi connectivity index (χ1n) is 7.64. The number of methoxy groups -OCH3 is 1. The average molecular weight is 412 g/mol. The molecule has 0 aliphatic rings. The second-order valence-corrected chi connectivity index (χ2v) is 6.78. The Balaban J connectivity index is 1.83. The molecule has 140 valence electrons.